The van der Waals surface area contributed by atoms with Gasteiger partial charge in [-0.1, -0.05) is 0 Å². The topological polar surface area (TPSA) is 41.3 Å². The van der Waals surface area contributed by atoms with Crippen LogP contribution < -0.4 is 5.32 Å². The Balaban J connectivity index is 1.84. The Morgan fingerprint density at radius 1 is 1.41 bits per heavy atom. The van der Waals surface area contributed by atoms with Gasteiger partial charge in [0.25, 0.3) is 0 Å². The SMILES string of the molecule is Cc1oc(C2CCNC2)nc1C1CCCN1C. The van der Waals surface area contributed by atoms with Crippen LogP contribution in [0.3, 0.4) is 0 Å². The minimum absolute atomic E-state index is 0.474. The van der Waals surface area contributed by atoms with Crippen LogP contribution in [0.2, 0.25) is 0 Å². The van der Waals surface area contributed by atoms with Gasteiger partial charge in [-0.2, -0.15) is 0 Å². The highest BCUT2D eigenvalue weighted by Crippen LogP contribution is 2.34. The van der Waals surface area contributed by atoms with Crippen molar-refractivity contribution in [3.8, 4) is 0 Å². The molecule has 2 fully saturated rings. The number of likely N-dealkylation sites (tertiary alicyclic amines) is 1. The van der Waals surface area contributed by atoms with Crippen LogP contribution in [0.25, 0.3) is 0 Å². The molecule has 4 heteroatoms. The van der Waals surface area contributed by atoms with Gasteiger partial charge in [0.1, 0.15) is 5.76 Å². The van der Waals surface area contributed by atoms with Crippen molar-refractivity contribution >= 4 is 0 Å². The highest BCUT2D eigenvalue weighted by atomic mass is 16.4. The first kappa shape index (κ1) is 11.2. The van der Waals surface area contributed by atoms with Gasteiger partial charge in [-0.15, -0.1) is 0 Å². The van der Waals surface area contributed by atoms with Gasteiger partial charge in [-0.25, -0.2) is 4.98 Å². The number of rotatable bonds is 2. The Hall–Kier alpha value is -0.870. The normalized spacial score (nSPS) is 30.2. The molecule has 2 saturated heterocycles. The van der Waals surface area contributed by atoms with Crippen LogP contribution in [-0.2, 0) is 0 Å². The molecular formula is C13H21N3O. The summed E-state index contributed by atoms with van der Waals surface area (Å²) in [5, 5.41) is 3.37. The maximum atomic E-state index is 5.88. The summed E-state index contributed by atoms with van der Waals surface area (Å²) in [6.45, 7) is 5.34. The molecule has 0 saturated carbocycles. The average Bonchev–Trinajstić information content (AvgIpc) is 2.98. The molecule has 2 atom stereocenters. The zero-order valence-electron chi connectivity index (χ0n) is 10.7. The summed E-state index contributed by atoms with van der Waals surface area (Å²) >= 11 is 0. The van der Waals surface area contributed by atoms with Gasteiger partial charge in [0.15, 0.2) is 5.89 Å². The minimum atomic E-state index is 0.474. The van der Waals surface area contributed by atoms with Crippen molar-refractivity contribution in [2.45, 2.75) is 38.1 Å². The second-order valence-electron chi connectivity index (χ2n) is 5.32. The number of hydrogen-bond donors (Lipinski definition) is 1. The molecule has 0 radical (unpaired) electrons. The van der Waals surface area contributed by atoms with Crippen molar-refractivity contribution < 1.29 is 4.42 Å². The fraction of sp³-hybridized carbons (Fsp3) is 0.769. The highest BCUT2D eigenvalue weighted by Gasteiger charge is 2.30. The monoisotopic (exact) mass is 235 g/mol. The zero-order valence-corrected chi connectivity index (χ0v) is 10.7. The lowest BCUT2D eigenvalue weighted by Gasteiger charge is -2.17. The van der Waals surface area contributed by atoms with Crippen LogP contribution in [0.4, 0.5) is 0 Å². The van der Waals surface area contributed by atoms with Crippen molar-refractivity contribution in [2.75, 3.05) is 26.7 Å². The van der Waals surface area contributed by atoms with Crippen LogP contribution >= 0.6 is 0 Å². The molecule has 0 aromatic carbocycles. The summed E-state index contributed by atoms with van der Waals surface area (Å²) in [4.78, 5) is 7.17. The van der Waals surface area contributed by atoms with E-state index < -0.39 is 0 Å². The Morgan fingerprint density at radius 3 is 2.94 bits per heavy atom. The van der Waals surface area contributed by atoms with Gasteiger partial charge < -0.3 is 9.73 Å². The quantitative estimate of drug-likeness (QED) is 0.849. The first-order valence-corrected chi connectivity index (χ1v) is 6.64. The van der Waals surface area contributed by atoms with Gasteiger partial charge in [-0.3, -0.25) is 4.90 Å². The summed E-state index contributed by atoms with van der Waals surface area (Å²) in [5.74, 6) is 2.45. The lowest BCUT2D eigenvalue weighted by atomic mass is 10.1. The maximum absolute atomic E-state index is 5.88. The van der Waals surface area contributed by atoms with Crippen LogP contribution in [0, 0.1) is 6.92 Å². The first-order valence-electron chi connectivity index (χ1n) is 6.64. The molecule has 3 rings (SSSR count). The van der Waals surface area contributed by atoms with E-state index in [0.717, 1.165) is 31.2 Å². The molecule has 0 amide bonds. The fourth-order valence-electron chi connectivity index (χ4n) is 3.03. The van der Waals surface area contributed by atoms with Crippen molar-refractivity contribution in [2.24, 2.45) is 0 Å². The number of aromatic nitrogens is 1. The first-order chi connectivity index (χ1) is 8.25. The number of nitrogens with one attached hydrogen (secondary N) is 1. The van der Waals surface area contributed by atoms with Crippen molar-refractivity contribution in [1.82, 2.24) is 15.2 Å². The molecule has 17 heavy (non-hydrogen) atoms. The molecule has 2 unspecified atom stereocenters. The summed E-state index contributed by atoms with van der Waals surface area (Å²) in [7, 11) is 2.18. The molecule has 0 aliphatic carbocycles. The van der Waals surface area contributed by atoms with Crippen molar-refractivity contribution in [3.63, 3.8) is 0 Å². The van der Waals surface area contributed by atoms with Gasteiger partial charge >= 0.3 is 0 Å². The molecular weight excluding hydrogens is 214 g/mol. The van der Waals surface area contributed by atoms with Crippen LogP contribution in [0.15, 0.2) is 4.42 Å². The van der Waals surface area contributed by atoms with E-state index in [2.05, 4.69) is 24.2 Å². The lowest BCUT2D eigenvalue weighted by molar-refractivity contribution is 0.309. The van der Waals surface area contributed by atoms with E-state index in [4.69, 9.17) is 9.40 Å². The van der Waals surface area contributed by atoms with E-state index in [1.807, 2.05) is 0 Å². The Kier molecular flexibility index (Phi) is 2.92. The molecule has 1 N–H and O–H groups in total. The summed E-state index contributed by atoms with van der Waals surface area (Å²) in [5.41, 5.74) is 1.17. The third kappa shape index (κ3) is 2.00. The number of aryl methyl sites for hydroxylation is 1. The molecule has 0 spiro atoms. The lowest BCUT2D eigenvalue weighted by Crippen LogP contribution is -2.18. The smallest absolute Gasteiger partial charge is 0.199 e. The second kappa shape index (κ2) is 4.42. The third-order valence-corrected chi connectivity index (χ3v) is 4.09. The molecule has 2 aliphatic heterocycles. The molecule has 4 nitrogen and oxygen atoms in total. The predicted octanol–water partition coefficient (Wildman–Crippen LogP) is 1.83. The van der Waals surface area contributed by atoms with Gasteiger partial charge in [0.05, 0.1) is 11.7 Å². The number of oxazole rings is 1. The Morgan fingerprint density at radius 2 is 2.29 bits per heavy atom. The van der Waals surface area contributed by atoms with Gasteiger partial charge in [-0.05, 0) is 46.3 Å². The fourth-order valence-corrected chi connectivity index (χ4v) is 3.03. The van der Waals surface area contributed by atoms with E-state index in [1.54, 1.807) is 0 Å². The summed E-state index contributed by atoms with van der Waals surface area (Å²) < 4.78 is 5.88. The van der Waals surface area contributed by atoms with E-state index in [-0.39, 0.29) is 0 Å². The average molecular weight is 235 g/mol. The standard InChI is InChI=1S/C13H21N3O/c1-9-12(11-4-3-7-16(11)2)15-13(17-9)10-5-6-14-8-10/h10-11,14H,3-8H2,1-2H3. The largest absolute Gasteiger partial charge is 0.445 e. The highest BCUT2D eigenvalue weighted by molar-refractivity contribution is 5.16. The summed E-state index contributed by atoms with van der Waals surface area (Å²) in [6, 6.07) is 0.474. The van der Waals surface area contributed by atoms with E-state index >= 15 is 0 Å². The molecule has 1 aromatic heterocycles. The maximum Gasteiger partial charge on any atom is 0.199 e. The van der Waals surface area contributed by atoms with Crippen LogP contribution in [0.5, 0.6) is 0 Å². The van der Waals surface area contributed by atoms with Crippen molar-refractivity contribution in [1.29, 1.82) is 0 Å². The van der Waals surface area contributed by atoms with E-state index in [1.165, 1.54) is 25.1 Å². The van der Waals surface area contributed by atoms with Gasteiger partial charge in [0.2, 0.25) is 0 Å². The molecule has 1 aromatic rings. The Bertz CT molecular complexity index is 395. The van der Waals surface area contributed by atoms with Crippen LogP contribution in [-0.4, -0.2) is 36.6 Å². The number of hydrogen-bond acceptors (Lipinski definition) is 4. The van der Waals surface area contributed by atoms with Gasteiger partial charge in [0, 0.05) is 12.5 Å². The third-order valence-electron chi connectivity index (χ3n) is 4.09. The van der Waals surface area contributed by atoms with E-state index in [9.17, 15) is 0 Å². The Labute approximate surface area is 102 Å². The predicted molar refractivity (Wildman–Crippen MR) is 66.1 cm³/mol. The number of nitrogens with zero attached hydrogens (tertiary/aromatic N) is 2. The minimum Gasteiger partial charge on any atom is -0.445 e. The molecule has 94 valence electrons. The summed E-state index contributed by atoms with van der Waals surface area (Å²) in [6.07, 6.45) is 3.64. The molecule has 3 heterocycles. The second-order valence-corrected chi connectivity index (χ2v) is 5.32. The zero-order chi connectivity index (χ0) is 11.8. The van der Waals surface area contributed by atoms with Crippen LogP contribution in [0.1, 0.15) is 48.6 Å². The van der Waals surface area contributed by atoms with Crippen molar-refractivity contribution in [3.05, 3.63) is 17.3 Å². The molecule has 0 bridgehead atoms. The molecule has 2 aliphatic rings. The van der Waals surface area contributed by atoms with E-state index in [0.29, 0.717) is 12.0 Å².